The minimum Gasteiger partial charge on any atom is -0.454 e. The maximum Gasteiger partial charge on any atom is 0.248 e. The highest BCUT2D eigenvalue weighted by Gasteiger charge is 2.23. The number of carbonyl (C=O) groups excluding carboxylic acids is 1. The van der Waals surface area contributed by atoms with Gasteiger partial charge in [0.2, 0.25) is 31.4 Å². The van der Waals surface area contributed by atoms with Crippen LogP contribution in [0.4, 0.5) is 0 Å². The molecule has 0 aliphatic carbocycles. The third kappa shape index (κ3) is 2.94. The molecular weight excluding hydrogens is 386 g/mol. The van der Waals surface area contributed by atoms with E-state index in [1.807, 2.05) is 0 Å². The Morgan fingerprint density at radius 3 is 2.12 bits per heavy atom. The molecule has 1 heterocycles. The van der Waals surface area contributed by atoms with Crippen molar-refractivity contribution in [2.24, 2.45) is 16.0 Å². The van der Waals surface area contributed by atoms with E-state index in [1.54, 1.807) is 0 Å². The van der Waals surface area contributed by atoms with Crippen molar-refractivity contribution in [3.63, 3.8) is 0 Å². The van der Waals surface area contributed by atoms with Crippen molar-refractivity contribution in [3.05, 3.63) is 46.1 Å². The van der Waals surface area contributed by atoms with E-state index < -0.39 is 46.8 Å². The number of hydrogen-bond donors (Lipinski definition) is 3. The highest BCUT2D eigenvalue weighted by Crippen LogP contribution is 2.27. The van der Waals surface area contributed by atoms with Crippen molar-refractivity contribution in [1.82, 2.24) is 0 Å². The van der Waals surface area contributed by atoms with Gasteiger partial charge in [-0.25, -0.2) is 27.1 Å². The van der Waals surface area contributed by atoms with Crippen LogP contribution in [0, 0.1) is 0 Å². The standard InChI is InChI=1S/C14H11N3O7S2/c15-14(19)6-1-2-10-8(3-6)12(18)9-4-7(25(16,20)21)5-11(13(9)24-10)26(17,22)23/h1-5H,(H2,15,19)(H2,16,20,21)(H2,17,22,23). The summed E-state index contributed by atoms with van der Waals surface area (Å²) in [7, 11) is -8.79. The average Bonchev–Trinajstić information content (AvgIpc) is 2.52. The van der Waals surface area contributed by atoms with Crippen LogP contribution in [0.1, 0.15) is 10.4 Å². The summed E-state index contributed by atoms with van der Waals surface area (Å²) in [4.78, 5) is 22.7. The molecule has 136 valence electrons. The molecule has 0 fully saturated rings. The Hall–Kier alpha value is -2.80. The van der Waals surface area contributed by atoms with E-state index in [4.69, 9.17) is 20.4 Å². The number of sulfonamides is 2. The molecule has 3 aromatic rings. The van der Waals surface area contributed by atoms with Crippen LogP contribution in [0.15, 0.2) is 49.3 Å². The number of hydrogen-bond acceptors (Lipinski definition) is 7. The second-order valence-corrected chi connectivity index (χ2v) is 8.49. The Kier molecular flexibility index (Phi) is 3.88. The van der Waals surface area contributed by atoms with Crippen molar-refractivity contribution in [2.45, 2.75) is 9.79 Å². The van der Waals surface area contributed by atoms with Crippen molar-refractivity contribution < 1.29 is 26.0 Å². The molecule has 0 aliphatic rings. The SMILES string of the molecule is NC(=O)c1ccc2oc3c(S(N)(=O)=O)cc(S(N)(=O)=O)cc3c(=O)c2c1. The second-order valence-electron chi connectivity index (χ2n) is 5.39. The Labute approximate surface area is 146 Å². The summed E-state index contributed by atoms with van der Waals surface area (Å²) >= 11 is 0. The summed E-state index contributed by atoms with van der Waals surface area (Å²) in [6.07, 6.45) is 0. The number of primary sulfonamides is 2. The van der Waals surface area contributed by atoms with E-state index in [9.17, 15) is 26.4 Å². The normalized spacial score (nSPS) is 12.5. The zero-order chi connectivity index (χ0) is 19.4. The molecule has 0 unspecified atom stereocenters. The van der Waals surface area contributed by atoms with Crippen LogP contribution in [0.3, 0.4) is 0 Å². The van der Waals surface area contributed by atoms with Gasteiger partial charge >= 0.3 is 0 Å². The number of benzene rings is 2. The monoisotopic (exact) mass is 397 g/mol. The quantitative estimate of drug-likeness (QED) is 0.488. The number of fused-ring (bicyclic) bond motifs is 2. The van der Waals surface area contributed by atoms with Crippen LogP contribution in [-0.2, 0) is 20.0 Å². The molecule has 0 spiro atoms. The predicted molar refractivity (Wildman–Crippen MR) is 91.3 cm³/mol. The van der Waals surface area contributed by atoms with Gasteiger partial charge in [0.1, 0.15) is 10.5 Å². The Bertz CT molecular complexity index is 1370. The third-order valence-electron chi connectivity index (χ3n) is 3.63. The first-order valence-corrected chi connectivity index (χ1v) is 9.89. The van der Waals surface area contributed by atoms with Crippen LogP contribution in [0.5, 0.6) is 0 Å². The van der Waals surface area contributed by atoms with Crippen LogP contribution >= 0.6 is 0 Å². The lowest BCUT2D eigenvalue weighted by atomic mass is 10.1. The largest absolute Gasteiger partial charge is 0.454 e. The summed E-state index contributed by atoms with van der Waals surface area (Å²) < 4.78 is 52.4. The number of carbonyl (C=O) groups is 1. The van der Waals surface area contributed by atoms with E-state index in [0.29, 0.717) is 6.07 Å². The van der Waals surface area contributed by atoms with E-state index >= 15 is 0 Å². The van der Waals surface area contributed by atoms with E-state index in [1.165, 1.54) is 12.1 Å². The molecule has 6 N–H and O–H groups in total. The number of amides is 1. The van der Waals surface area contributed by atoms with Gasteiger partial charge in [-0.05, 0) is 30.3 Å². The zero-order valence-corrected chi connectivity index (χ0v) is 14.4. The predicted octanol–water partition coefficient (Wildman–Crippen LogP) is -0.660. The summed E-state index contributed by atoms with van der Waals surface area (Å²) in [6, 6.07) is 5.29. The van der Waals surface area contributed by atoms with Crippen LogP contribution in [-0.4, -0.2) is 22.7 Å². The van der Waals surface area contributed by atoms with Gasteiger partial charge in [-0.3, -0.25) is 9.59 Å². The van der Waals surface area contributed by atoms with Gasteiger partial charge in [-0.2, -0.15) is 0 Å². The molecule has 12 heteroatoms. The van der Waals surface area contributed by atoms with Gasteiger partial charge in [0.05, 0.1) is 15.7 Å². The van der Waals surface area contributed by atoms with E-state index in [-0.39, 0.29) is 21.9 Å². The first kappa shape index (κ1) is 18.0. The molecule has 0 radical (unpaired) electrons. The molecule has 3 rings (SSSR count). The molecule has 0 atom stereocenters. The number of nitrogens with two attached hydrogens (primary N) is 3. The summed E-state index contributed by atoms with van der Waals surface area (Å²) in [6.45, 7) is 0. The summed E-state index contributed by atoms with van der Waals surface area (Å²) in [5, 5.41) is 9.66. The smallest absolute Gasteiger partial charge is 0.248 e. The third-order valence-corrected chi connectivity index (χ3v) is 5.44. The van der Waals surface area contributed by atoms with Gasteiger partial charge in [0.15, 0.2) is 5.58 Å². The fraction of sp³-hybridized carbons (Fsp3) is 0. The van der Waals surface area contributed by atoms with Gasteiger partial charge in [0, 0.05) is 5.56 Å². The minimum atomic E-state index is -4.45. The highest BCUT2D eigenvalue weighted by molar-refractivity contribution is 7.90. The van der Waals surface area contributed by atoms with Crippen molar-refractivity contribution >= 4 is 47.9 Å². The molecule has 0 aliphatic heterocycles. The molecule has 0 saturated carbocycles. The molecule has 26 heavy (non-hydrogen) atoms. The Morgan fingerprint density at radius 2 is 1.58 bits per heavy atom. The lowest BCUT2D eigenvalue weighted by Crippen LogP contribution is -2.18. The van der Waals surface area contributed by atoms with Crippen molar-refractivity contribution in [3.8, 4) is 0 Å². The molecule has 10 nitrogen and oxygen atoms in total. The second kappa shape index (κ2) is 5.60. The van der Waals surface area contributed by atoms with Crippen molar-refractivity contribution in [1.29, 1.82) is 0 Å². The summed E-state index contributed by atoms with van der Waals surface area (Å²) in [5.41, 5.74) is 3.93. The molecule has 1 amide bonds. The Balaban J connectivity index is 2.60. The Morgan fingerprint density at radius 1 is 0.923 bits per heavy atom. The lowest BCUT2D eigenvalue weighted by Gasteiger charge is -2.08. The average molecular weight is 397 g/mol. The zero-order valence-electron chi connectivity index (χ0n) is 12.8. The first-order valence-electron chi connectivity index (χ1n) is 6.79. The van der Waals surface area contributed by atoms with Crippen LogP contribution < -0.4 is 21.4 Å². The number of primary amides is 1. The molecule has 1 aromatic heterocycles. The maximum atomic E-state index is 12.7. The maximum absolute atomic E-state index is 12.7. The fourth-order valence-corrected chi connectivity index (χ4v) is 3.77. The number of rotatable bonds is 3. The first-order chi connectivity index (χ1) is 11.9. The van der Waals surface area contributed by atoms with Gasteiger partial charge in [0.25, 0.3) is 0 Å². The minimum absolute atomic E-state index is 0.0124. The summed E-state index contributed by atoms with van der Waals surface area (Å²) in [5.74, 6) is -0.796. The van der Waals surface area contributed by atoms with Crippen LogP contribution in [0.2, 0.25) is 0 Å². The topological polar surface area (TPSA) is 194 Å². The van der Waals surface area contributed by atoms with E-state index in [0.717, 1.165) is 12.1 Å². The molecular formula is C14H11N3O7S2. The molecule has 0 saturated heterocycles. The fourth-order valence-electron chi connectivity index (χ4n) is 2.43. The van der Waals surface area contributed by atoms with Gasteiger partial charge < -0.3 is 10.2 Å². The highest BCUT2D eigenvalue weighted by atomic mass is 32.2. The van der Waals surface area contributed by atoms with Gasteiger partial charge in [-0.15, -0.1) is 0 Å². The lowest BCUT2D eigenvalue weighted by molar-refractivity contribution is 0.100. The van der Waals surface area contributed by atoms with Crippen molar-refractivity contribution in [2.75, 3.05) is 0 Å². The van der Waals surface area contributed by atoms with E-state index in [2.05, 4.69) is 0 Å². The molecule has 0 bridgehead atoms. The molecule has 2 aromatic carbocycles. The van der Waals surface area contributed by atoms with Gasteiger partial charge in [-0.1, -0.05) is 0 Å². The van der Waals surface area contributed by atoms with Crippen LogP contribution in [0.25, 0.3) is 21.9 Å².